The van der Waals surface area contributed by atoms with Crippen molar-refractivity contribution < 1.29 is 4.39 Å². The Labute approximate surface area is 94.6 Å². The molecule has 0 unspecified atom stereocenters. The molecule has 1 aromatic carbocycles. The number of nitrogens with one attached hydrogen (secondary N) is 1. The van der Waals surface area contributed by atoms with Crippen molar-refractivity contribution in [2.45, 2.75) is 25.7 Å². The van der Waals surface area contributed by atoms with Gasteiger partial charge in [0.25, 0.3) is 0 Å². The van der Waals surface area contributed by atoms with E-state index < -0.39 is 0 Å². The molecule has 0 aromatic heterocycles. The molecule has 0 amide bonds. The highest BCUT2D eigenvalue weighted by Crippen LogP contribution is 2.26. The number of hydrogen-bond donors (Lipinski definition) is 1. The van der Waals surface area contributed by atoms with Crippen LogP contribution in [-0.2, 0) is 0 Å². The average Bonchev–Trinajstić information content (AvgIpc) is 2.72. The molecule has 0 atom stereocenters. The Morgan fingerprint density at radius 3 is 2.80 bits per heavy atom. The Morgan fingerprint density at radius 1 is 1.33 bits per heavy atom. The molecule has 2 rings (SSSR count). The largest absolute Gasteiger partial charge is 0.382 e. The molecule has 1 aliphatic rings. The van der Waals surface area contributed by atoms with Gasteiger partial charge in [0, 0.05) is 11.6 Å². The van der Waals surface area contributed by atoms with E-state index in [1.54, 1.807) is 12.1 Å². The van der Waals surface area contributed by atoms with Crippen molar-refractivity contribution in [2.75, 3.05) is 11.9 Å². The number of halogens is 2. The maximum Gasteiger partial charge on any atom is 0.146 e. The van der Waals surface area contributed by atoms with Crippen LogP contribution < -0.4 is 5.32 Å². The monoisotopic (exact) mass is 227 g/mol. The van der Waals surface area contributed by atoms with Gasteiger partial charge >= 0.3 is 0 Å². The fourth-order valence-corrected chi connectivity index (χ4v) is 2.27. The first kappa shape index (κ1) is 10.7. The standard InChI is InChI=1S/C12H15ClFN/c13-10-5-6-11(14)12(7-10)15-8-9-3-1-2-4-9/h5-7,9,15H,1-4,8H2. The average molecular weight is 228 g/mol. The second-order valence-electron chi connectivity index (χ2n) is 4.16. The Kier molecular flexibility index (Phi) is 3.47. The van der Waals surface area contributed by atoms with Gasteiger partial charge in [0.15, 0.2) is 0 Å². The highest BCUT2D eigenvalue weighted by molar-refractivity contribution is 6.30. The SMILES string of the molecule is Fc1ccc(Cl)cc1NCC1CCCC1. The zero-order valence-electron chi connectivity index (χ0n) is 8.60. The van der Waals surface area contributed by atoms with Crippen molar-refractivity contribution in [3.8, 4) is 0 Å². The molecule has 82 valence electrons. The van der Waals surface area contributed by atoms with E-state index in [0.717, 1.165) is 6.54 Å². The van der Waals surface area contributed by atoms with E-state index in [2.05, 4.69) is 5.32 Å². The minimum Gasteiger partial charge on any atom is -0.382 e. The summed E-state index contributed by atoms with van der Waals surface area (Å²) in [5, 5.41) is 3.71. The minimum absolute atomic E-state index is 0.225. The van der Waals surface area contributed by atoms with Gasteiger partial charge in [0.05, 0.1) is 5.69 Å². The van der Waals surface area contributed by atoms with E-state index in [1.807, 2.05) is 0 Å². The molecular weight excluding hydrogens is 213 g/mol. The maximum absolute atomic E-state index is 13.3. The van der Waals surface area contributed by atoms with Crippen LogP contribution in [0.15, 0.2) is 18.2 Å². The maximum atomic E-state index is 13.3. The van der Waals surface area contributed by atoms with Gasteiger partial charge in [-0.15, -0.1) is 0 Å². The summed E-state index contributed by atoms with van der Waals surface area (Å²) in [4.78, 5) is 0. The van der Waals surface area contributed by atoms with E-state index in [4.69, 9.17) is 11.6 Å². The smallest absolute Gasteiger partial charge is 0.146 e. The van der Waals surface area contributed by atoms with Crippen molar-refractivity contribution in [3.05, 3.63) is 29.0 Å². The van der Waals surface area contributed by atoms with Gasteiger partial charge in [0.2, 0.25) is 0 Å². The van der Waals surface area contributed by atoms with Crippen LogP contribution in [0, 0.1) is 11.7 Å². The van der Waals surface area contributed by atoms with Gasteiger partial charge in [-0.2, -0.15) is 0 Å². The summed E-state index contributed by atoms with van der Waals surface area (Å²) in [5.74, 6) is 0.473. The molecule has 0 saturated heterocycles. The van der Waals surface area contributed by atoms with Gasteiger partial charge in [0.1, 0.15) is 5.82 Å². The number of hydrogen-bond acceptors (Lipinski definition) is 1. The lowest BCUT2D eigenvalue weighted by molar-refractivity contribution is 0.574. The third-order valence-electron chi connectivity index (χ3n) is 2.98. The number of benzene rings is 1. The molecule has 0 bridgehead atoms. The zero-order chi connectivity index (χ0) is 10.7. The summed E-state index contributed by atoms with van der Waals surface area (Å²) < 4.78 is 13.3. The van der Waals surface area contributed by atoms with Gasteiger partial charge in [-0.3, -0.25) is 0 Å². The molecule has 0 heterocycles. The first-order chi connectivity index (χ1) is 7.25. The van der Waals surface area contributed by atoms with Crippen molar-refractivity contribution in [1.29, 1.82) is 0 Å². The van der Waals surface area contributed by atoms with E-state index in [0.29, 0.717) is 16.6 Å². The van der Waals surface area contributed by atoms with Gasteiger partial charge in [-0.25, -0.2) is 4.39 Å². The third-order valence-corrected chi connectivity index (χ3v) is 3.22. The molecule has 1 aromatic rings. The molecule has 1 nitrogen and oxygen atoms in total. The number of rotatable bonds is 3. The van der Waals surface area contributed by atoms with Crippen LogP contribution in [0.3, 0.4) is 0 Å². The van der Waals surface area contributed by atoms with Crippen molar-refractivity contribution >= 4 is 17.3 Å². The molecule has 3 heteroatoms. The fourth-order valence-electron chi connectivity index (χ4n) is 2.10. The van der Waals surface area contributed by atoms with Crippen LogP contribution in [-0.4, -0.2) is 6.54 Å². The van der Waals surface area contributed by atoms with Crippen LogP contribution >= 0.6 is 11.6 Å². The summed E-state index contributed by atoms with van der Waals surface area (Å²) in [6, 6.07) is 4.61. The second kappa shape index (κ2) is 4.84. The molecule has 0 radical (unpaired) electrons. The highest BCUT2D eigenvalue weighted by atomic mass is 35.5. The molecular formula is C12H15ClFN. The van der Waals surface area contributed by atoms with E-state index in [-0.39, 0.29) is 5.82 Å². The molecule has 1 N–H and O–H groups in total. The van der Waals surface area contributed by atoms with Crippen LogP contribution in [0.25, 0.3) is 0 Å². The summed E-state index contributed by atoms with van der Waals surface area (Å²) in [5.41, 5.74) is 0.523. The Balaban J connectivity index is 1.94. The highest BCUT2D eigenvalue weighted by Gasteiger charge is 2.15. The van der Waals surface area contributed by atoms with Crippen molar-refractivity contribution in [1.82, 2.24) is 0 Å². The van der Waals surface area contributed by atoms with E-state index in [1.165, 1.54) is 31.7 Å². The predicted octanol–water partition coefficient (Wildman–Crippen LogP) is 4.08. The molecule has 0 spiro atoms. The Bertz CT molecular complexity index is 334. The summed E-state index contributed by atoms with van der Waals surface area (Å²) >= 11 is 5.81. The van der Waals surface area contributed by atoms with Crippen molar-refractivity contribution in [2.24, 2.45) is 5.92 Å². The normalized spacial score (nSPS) is 16.9. The van der Waals surface area contributed by atoms with Gasteiger partial charge in [-0.05, 0) is 37.0 Å². The zero-order valence-corrected chi connectivity index (χ0v) is 9.36. The van der Waals surface area contributed by atoms with Crippen LogP contribution in [0.1, 0.15) is 25.7 Å². The van der Waals surface area contributed by atoms with Gasteiger partial charge in [-0.1, -0.05) is 24.4 Å². The first-order valence-corrected chi connectivity index (χ1v) is 5.82. The summed E-state index contributed by atoms with van der Waals surface area (Å²) in [7, 11) is 0. The molecule has 1 fully saturated rings. The quantitative estimate of drug-likeness (QED) is 0.821. The molecule has 1 aliphatic carbocycles. The minimum atomic E-state index is -0.225. The molecule has 0 aliphatic heterocycles. The van der Waals surface area contributed by atoms with Gasteiger partial charge < -0.3 is 5.32 Å². The Hall–Kier alpha value is -0.760. The Morgan fingerprint density at radius 2 is 2.07 bits per heavy atom. The van der Waals surface area contributed by atoms with Crippen LogP contribution in [0.4, 0.5) is 10.1 Å². The third kappa shape index (κ3) is 2.85. The van der Waals surface area contributed by atoms with E-state index in [9.17, 15) is 4.39 Å². The lowest BCUT2D eigenvalue weighted by Gasteiger charge is -2.12. The topological polar surface area (TPSA) is 12.0 Å². The van der Waals surface area contributed by atoms with Crippen molar-refractivity contribution in [3.63, 3.8) is 0 Å². The summed E-state index contributed by atoms with van der Waals surface area (Å²) in [6.45, 7) is 0.858. The lowest BCUT2D eigenvalue weighted by Crippen LogP contribution is -2.11. The summed E-state index contributed by atoms with van der Waals surface area (Å²) in [6.07, 6.45) is 5.14. The lowest BCUT2D eigenvalue weighted by atomic mass is 10.1. The second-order valence-corrected chi connectivity index (χ2v) is 4.59. The van der Waals surface area contributed by atoms with Crippen LogP contribution in [0.2, 0.25) is 5.02 Å². The van der Waals surface area contributed by atoms with Crippen LogP contribution in [0.5, 0.6) is 0 Å². The predicted molar refractivity (Wildman–Crippen MR) is 61.9 cm³/mol. The molecule has 15 heavy (non-hydrogen) atoms. The molecule has 1 saturated carbocycles. The fraction of sp³-hybridized carbons (Fsp3) is 0.500. The first-order valence-electron chi connectivity index (χ1n) is 5.44. The van der Waals surface area contributed by atoms with E-state index >= 15 is 0 Å². The number of anilines is 1.